The molecule has 6 heteroatoms. The van der Waals surface area contributed by atoms with Gasteiger partial charge in [-0.2, -0.15) is 0 Å². The zero-order valence-electron chi connectivity index (χ0n) is 6.69. The Bertz CT molecular complexity index is 412. The van der Waals surface area contributed by atoms with Crippen molar-refractivity contribution in [3.05, 3.63) is 29.1 Å². The number of hydrogen-bond donors (Lipinski definition) is 3. The first-order valence-corrected chi connectivity index (χ1v) is 3.43. The van der Waals surface area contributed by atoms with Crippen molar-refractivity contribution in [3.8, 4) is 5.75 Å². The summed E-state index contributed by atoms with van der Waals surface area (Å²) in [7, 11) is 0. The summed E-state index contributed by atoms with van der Waals surface area (Å²) >= 11 is 0. The Morgan fingerprint density at radius 1 is 1.14 bits per heavy atom. The van der Waals surface area contributed by atoms with Gasteiger partial charge in [-0.05, 0) is 12.1 Å². The van der Waals surface area contributed by atoms with Crippen molar-refractivity contribution in [2.45, 2.75) is 0 Å². The highest BCUT2D eigenvalue weighted by molar-refractivity contribution is 6.02. The minimum Gasteiger partial charge on any atom is -0.505 e. The van der Waals surface area contributed by atoms with Gasteiger partial charge in [0.1, 0.15) is 5.56 Å². The Morgan fingerprint density at radius 2 is 1.71 bits per heavy atom. The Hall–Kier alpha value is -2.11. The molecule has 5 nitrogen and oxygen atoms in total. The molecule has 74 valence electrons. The number of carbonyl (C=O) groups is 2. The highest BCUT2D eigenvalue weighted by Crippen LogP contribution is 2.22. The van der Waals surface area contributed by atoms with Crippen LogP contribution in [0.5, 0.6) is 5.75 Å². The summed E-state index contributed by atoms with van der Waals surface area (Å²) in [5, 5.41) is 25.8. The first-order chi connectivity index (χ1) is 6.45. The fourth-order valence-electron chi connectivity index (χ4n) is 0.952. The van der Waals surface area contributed by atoms with Crippen molar-refractivity contribution in [2.75, 3.05) is 0 Å². The number of rotatable bonds is 2. The second-order valence-electron chi connectivity index (χ2n) is 2.43. The van der Waals surface area contributed by atoms with Gasteiger partial charge < -0.3 is 15.3 Å². The topological polar surface area (TPSA) is 94.8 Å². The Morgan fingerprint density at radius 3 is 2.14 bits per heavy atom. The number of hydrogen-bond acceptors (Lipinski definition) is 3. The van der Waals surface area contributed by atoms with Gasteiger partial charge in [0.2, 0.25) is 0 Å². The molecule has 0 spiro atoms. The molecule has 0 heterocycles. The van der Waals surface area contributed by atoms with E-state index in [9.17, 15) is 14.0 Å². The lowest BCUT2D eigenvalue weighted by atomic mass is 10.1. The lowest BCUT2D eigenvalue weighted by molar-refractivity contribution is 0.0646. The van der Waals surface area contributed by atoms with E-state index >= 15 is 0 Å². The van der Waals surface area contributed by atoms with Crippen LogP contribution in [0, 0.1) is 5.82 Å². The van der Waals surface area contributed by atoms with Crippen molar-refractivity contribution in [1.82, 2.24) is 0 Å². The molecule has 0 bridgehead atoms. The van der Waals surface area contributed by atoms with E-state index in [1.165, 1.54) is 0 Å². The Kier molecular flexibility index (Phi) is 2.37. The van der Waals surface area contributed by atoms with Crippen molar-refractivity contribution in [3.63, 3.8) is 0 Å². The average molecular weight is 200 g/mol. The van der Waals surface area contributed by atoms with Crippen LogP contribution in [0.4, 0.5) is 4.39 Å². The van der Waals surface area contributed by atoms with Gasteiger partial charge in [0.05, 0.1) is 5.56 Å². The molecule has 0 aliphatic carbocycles. The smallest absolute Gasteiger partial charge is 0.339 e. The van der Waals surface area contributed by atoms with E-state index in [-0.39, 0.29) is 0 Å². The highest BCUT2D eigenvalue weighted by atomic mass is 19.1. The minimum absolute atomic E-state index is 0.701. The number of aromatic carboxylic acids is 2. The average Bonchev–Trinajstić information content (AvgIpc) is 2.08. The number of phenolic OH excluding ortho intramolecular Hbond substituents is 1. The summed E-state index contributed by atoms with van der Waals surface area (Å²) in [6.45, 7) is 0. The maximum Gasteiger partial charge on any atom is 0.339 e. The quantitative estimate of drug-likeness (QED) is 0.659. The fraction of sp³-hybridized carbons (Fsp3) is 0. The maximum atomic E-state index is 13.0. The van der Waals surface area contributed by atoms with Crippen LogP contribution in [0.3, 0.4) is 0 Å². The molecule has 0 fully saturated rings. The van der Waals surface area contributed by atoms with Gasteiger partial charge in [0.25, 0.3) is 0 Å². The molecule has 3 N–H and O–H groups in total. The van der Waals surface area contributed by atoms with Gasteiger partial charge in [-0.25, -0.2) is 14.0 Å². The van der Waals surface area contributed by atoms with E-state index in [2.05, 4.69) is 0 Å². The summed E-state index contributed by atoms with van der Waals surface area (Å²) in [6.07, 6.45) is 0. The normalized spacial score (nSPS) is 9.79. The molecule has 0 aliphatic heterocycles. The van der Waals surface area contributed by atoms with Crippen molar-refractivity contribution in [1.29, 1.82) is 0 Å². The number of carboxylic acids is 2. The number of carboxylic acid groups (broad SMARTS) is 2. The Balaban J connectivity index is 3.53. The zero-order valence-corrected chi connectivity index (χ0v) is 6.69. The molecule has 0 saturated heterocycles. The van der Waals surface area contributed by atoms with Crippen LogP contribution >= 0.6 is 0 Å². The molecule has 0 saturated carbocycles. The summed E-state index contributed by atoms with van der Waals surface area (Å²) in [4.78, 5) is 21.0. The molecule has 0 unspecified atom stereocenters. The molecule has 0 atom stereocenters. The van der Waals surface area contributed by atoms with E-state index in [0.29, 0.717) is 0 Å². The summed E-state index contributed by atoms with van der Waals surface area (Å²) in [5.41, 5.74) is -1.75. The van der Waals surface area contributed by atoms with Crippen LogP contribution in [-0.4, -0.2) is 27.3 Å². The van der Waals surface area contributed by atoms with Crippen LogP contribution in [0.15, 0.2) is 12.1 Å². The van der Waals surface area contributed by atoms with Gasteiger partial charge in [-0.1, -0.05) is 0 Å². The molecule has 1 rings (SSSR count). The zero-order chi connectivity index (χ0) is 10.9. The lowest BCUT2D eigenvalue weighted by Crippen LogP contribution is -2.10. The number of benzene rings is 1. The standard InChI is InChI=1S/C8H5FO5/c9-6-4(10)2-1-3(7(11)12)5(6)8(13)14/h1-2,10H,(H,11,12)(H,13,14). The number of phenols is 1. The molecule has 0 aromatic heterocycles. The largest absolute Gasteiger partial charge is 0.505 e. The van der Waals surface area contributed by atoms with Crippen molar-refractivity contribution >= 4 is 11.9 Å². The van der Waals surface area contributed by atoms with Crippen LogP contribution in [0.25, 0.3) is 0 Å². The van der Waals surface area contributed by atoms with Gasteiger partial charge in [0.15, 0.2) is 11.6 Å². The maximum absolute atomic E-state index is 13.0. The van der Waals surface area contributed by atoms with Crippen molar-refractivity contribution < 1.29 is 29.3 Å². The highest BCUT2D eigenvalue weighted by Gasteiger charge is 2.22. The second-order valence-corrected chi connectivity index (χ2v) is 2.43. The van der Waals surface area contributed by atoms with E-state index < -0.39 is 34.6 Å². The van der Waals surface area contributed by atoms with Crippen LogP contribution in [-0.2, 0) is 0 Å². The summed E-state index contributed by atoms with van der Waals surface area (Å²) in [6, 6.07) is 1.61. The SMILES string of the molecule is O=C(O)c1ccc(O)c(F)c1C(=O)O. The first-order valence-electron chi connectivity index (χ1n) is 3.43. The van der Waals surface area contributed by atoms with Crippen LogP contribution in [0.1, 0.15) is 20.7 Å². The molecule has 0 aliphatic rings. The van der Waals surface area contributed by atoms with Crippen molar-refractivity contribution in [2.24, 2.45) is 0 Å². The molecule has 14 heavy (non-hydrogen) atoms. The molecular formula is C8H5FO5. The molecular weight excluding hydrogens is 195 g/mol. The summed E-state index contributed by atoms with van der Waals surface area (Å²) < 4.78 is 13.0. The number of halogens is 1. The predicted octanol–water partition coefficient (Wildman–Crippen LogP) is 0.928. The Labute approximate surface area is 77.0 Å². The van der Waals surface area contributed by atoms with E-state index in [1.807, 2.05) is 0 Å². The van der Waals surface area contributed by atoms with E-state index in [0.717, 1.165) is 12.1 Å². The third kappa shape index (κ3) is 1.49. The van der Waals surface area contributed by atoms with Crippen LogP contribution in [0.2, 0.25) is 0 Å². The third-order valence-electron chi connectivity index (χ3n) is 1.57. The van der Waals surface area contributed by atoms with Gasteiger partial charge in [-0.3, -0.25) is 0 Å². The van der Waals surface area contributed by atoms with Gasteiger partial charge in [-0.15, -0.1) is 0 Å². The molecule has 1 aromatic rings. The minimum atomic E-state index is -1.74. The second kappa shape index (κ2) is 3.33. The molecule has 1 aromatic carbocycles. The predicted molar refractivity (Wildman–Crippen MR) is 42.0 cm³/mol. The monoisotopic (exact) mass is 200 g/mol. The van der Waals surface area contributed by atoms with Crippen LogP contribution < -0.4 is 0 Å². The van der Waals surface area contributed by atoms with Gasteiger partial charge >= 0.3 is 11.9 Å². The fourth-order valence-corrected chi connectivity index (χ4v) is 0.952. The lowest BCUT2D eigenvalue weighted by Gasteiger charge is -2.03. The molecule has 0 amide bonds. The molecule has 0 radical (unpaired) electrons. The summed E-state index contributed by atoms with van der Waals surface area (Å²) in [5.74, 6) is -5.65. The first kappa shape index (κ1) is 9.97. The number of aromatic hydroxyl groups is 1. The van der Waals surface area contributed by atoms with E-state index in [4.69, 9.17) is 15.3 Å². The van der Waals surface area contributed by atoms with E-state index in [1.54, 1.807) is 0 Å². The van der Waals surface area contributed by atoms with Gasteiger partial charge in [0, 0.05) is 0 Å². The third-order valence-corrected chi connectivity index (χ3v) is 1.57.